The zero-order valence-corrected chi connectivity index (χ0v) is 42.3. The molecule has 0 saturated carbocycles. The number of fused-ring (bicyclic) bond motifs is 4. The van der Waals surface area contributed by atoms with Crippen LogP contribution in [0.25, 0.3) is 72.0 Å². The predicted molar refractivity (Wildman–Crippen MR) is 306 cm³/mol. The maximum absolute atomic E-state index is 6.47. The molecule has 0 saturated heterocycles. The van der Waals surface area contributed by atoms with Gasteiger partial charge in [-0.25, -0.2) is 0 Å². The quantitative estimate of drug-likeness (QED) is 0.148. The van der Waals surface area contributed by atoms with Crippen molar-refractivity contribution >= 4 is 27.5 Å². The molecule has 1 heteroatoms. The van der Waals surface area contributed by atoms with Crippen molar-refractivity contribution in [1.82, 2.24) is 0 Å². The van der Waals surface area contributed by atoms with Crippen LogP contribution in [-0.4, -0.2) is 0 Å². The molecule has 11 rings (SSSR count). The van der Waals surface area contributed by atoms with E-state index in [9.17, 15) is 0 Å². The summed E-state index contributed by atoms with van der Waals surface area (Å²) in [6.07, 6.45) is 12.6. The van der Waals surface area contributed by atoms with E-state index in [1.165, 1.54) is 100.0 Å². The Morgan fingerprint density at radius 1 is 0.408 bits per heavy atom. The van der Waals surface area contributed by atoms with Crippen LogP contribution in [0.5, 0.6) is 0 Å². The van der Waals surface area contributed by atoms with E-state index < -0.39 is 0 Å². The highest BCUT2D eigenvalue weighted by Crippen LogP contribution is 2.39. The second-order valence-corrected chi connectivity index (χ2v) is 19.1. The predicted octanol–water partition coefficient (Wildman–Crippen LogP) is 19.6. The Morgan fingerprint density at radius 2 is 1.00 bits per heavy atom. The lowest BCUT2D eigenvalue weighted by Gasteiger charge is -2.25. The highest BCUT2D eigenvalue weighted by Gasteiger charge is 2.23. The van der Waals surface area contributed by atoms with Crippen molar-refractivity contribution in [3.05, 3.63) is 281 Å². The molecule has 1 aliphatic carbocycles. The normalized spacial score (nSPS) is 13.8. The molecule has 0 amide bonds. The maximum atomic E-state index is 6.47. The van der Waals surface area contributed by atoms with Crippen molar-refractivity contribution in [1.29, 1.82) is 0 Å². The van der Waals surface area contributed by atoms with Crippen LogP contribution in [0.15, 0.2) is 241 Å². The number of furan rings is 1. The summed E-state index contributed by atoms with van der Waals surface area (Å²) >= 11 is 0. The minimum atomic E-state index is -0.0908. The lowest BCUT2D eigenvalue weighted by atomic mass is 9.78. The Morgan fingerprint density at radius 3 is 1.72 bits per heavy atom. The summed E-state index contributed by atoms with van der Waals surface area (Å²) in [5, 5.41) is 2.37. The van der Waals surface area contributed by atoms with Crippen LogP contribution in [0.4, 0.5) is 0 Å². The molecule has 0 atom stereocenters. The minimum Gasteiger partial charge on any atom is -0.456 e. The van der Waals surface area contributed by atoms with Gasteiger partial charge in [-0.3, -0.25) is 0 Å². The Kier molecular flexibility index (Phi) is 14.7. The zero-order valence-electron chi connectivity index (χ0n) is 42.3. The molecule has 350 valence electrons. The first-order chi connectivity index (χ1) is 34.7. The molecule has 10 aromatic rings. The van der Waals surface area contributed by atoms with E-state index in [0.29, 0.717) is 0 Å². The molecule has 1 aromatic heterocycles. The van der Waals surface area contributed by atoms with E-state index in [2.05, 4.69) is 265 Å². The van der Waals surface area contributed by atoms with Gasteiger partial charge in [-0.2, -0.15) is 0 Å². The fourth-order valence-electron chi connectivity index (χ4n) is 9.87. The average Bonchev–Trinajstić information content (AvgIpc) is 3.81. The van der Waals surface area contributed by atoms with Gasteiger partial charge < -0.3 is 4.42 Å². The first-order valence-electron chi connectivity index (χ1n) is 25.2. The molecule has 9 aromatic carbocycles. The number of rotatable bonds is 8. The average molecular weight is 921 g/mol. The SMILES string of the molecule is C/C1=C\C=C/C=CC(C)(C)c2cc(Cc3cccc4oc5ccc(-c6ccc(-c7ccccc7C)c(Cc7ccccc7)c6)cc5c34)ccc21.CC.Cc1ccc(-c2ccc(-c3ccccc3)cc2)cc1. The van der Waals surface area contributed by atoms with Gasteiger partial charge in [-0.05, 0) is 141 Å². The number of allylic oxidation sites excluding steroid dienone is 6. The summed E-state index contributed by atoms with van der Waals surface area (Å²) in [5.74, 6) is 0. The fraction of sp³-hybridized carbons (Fsp3) is 0.143. The second-order valence-electron chi connectivity index (χ2n) is 19.1. The zero-order chi connectivity index (χ0) is 49.3. The smallest absolute Gasteiger partial charge is 0.135 e. The van der Waals surface area contributed by atoms with E-state index >= 15 is 0 Å². The van der Waals surface area contributed by atoms with Crippen LogP contribution >= 0.6 is 0 Å². The second kappa shape index (κ2) is 21.7. The summed E-state index contributed by atoms with van der Waals surface area (Å²) in [7, 11) is 0. The van der Waals surface area contributed by atoms with E-state index in [4.69, 9.17) is 4.42 Å². The molecule has 0 aliphatic heterocycles. The maximum Gasteiger partial charge on any atom is 0.135 e. The lowest BCUT2D eigenvalue weighted by Crippen LogP contribution is -2.16. The van der Waals surface area contributed by atoms with Gasteiger partial charge in [-0.15, -0.1) is 0 Å². The van der Waals surface area contributed by atoms with E-state index in [0.717, 1.165) is 29.4 Å². The van der Waals surface area contributed by atoms with Gasteiger partial charge in [0.05, 0.1) is 0 Å². The van der Waals surface area contributed by atoms with Crippen molar-refractivity contribution in [3.63, 3.8) is 0 Å². The van der Waals surface area contributed by atoms with Crippen LogP contribution in [0.1, 0.15) is 79.1 Å². The first kappa shape index (κ1) is 48.0. The van der Waals surface area contributed by atoms with E-state index in [-0.39, 0.29) is 5.41 Å². The Bertz CT molecular complexity index is 3500. The Hall–Kier alpha value is -8.00. The molecule has 0 radical (unpaired) electrons. The Labute approximate surface area is 422 Å². The van der Waals surface area contributed by atoms with Gasteiger partial charge in [0.25, 0.3) is 0 Å². The topological polar surface area (TPSA) is 13.1 Å². The molecule has 0 spiro atoms. The summed E-state index contributed by atoms with van der Waals surface area (Å²) < 4.78 is 6.47. The molecular weight excluding hydrogens is 857 g/mol. The molecular formula is C70H64O. The van der Waals surface area contributed by atoms with E-state index in [1.54, 1.807) is 0 Å². The molecule has 0 N–H and O–H groups in total. The monoisotopic (exact) mass is 920 g/mol. The van der Waals surface area contributed by atoms with Crippen LogP contribution in [0.3, 0.4) is 0 Å². The van der Waals surface area contributed by atoms with Gasteiger partial charge in [-0.1, -0.05) is 252 Å². The third kappa shape index (κ3) is 10.9. The fourth-order valence-corrected chi connectivity index (χ4v) is 9.87. The standard InChI is InChI=1S/C49H42O.C19H16.C2H6/c1-33-15-10-11-19-41(33)43-25-22-37(31-40(43)28-35-16-8-5-9-17-35)38-23-26-46-44(32-38)48-39(18-13-20-47(48)50-46)29-36-21-24-42-34(2)14-7-6-12-27-49(3,4)45(42)30-36;1-15-7-9-17(10-8-15)19-13-11-18(12-14-19)16-5-3-2-4-6-16;1-2/h5-27,30-32H,28-29H2,1-4H3;2-14H,1H3;1-2H3/b7-6-,27-12?,34-14+;;. The van der Waals surface area contributed by atoms with Crippen LogP contribution < -0.4 is 0 Å². The van der Waals surface area contributed by atoms with E-state index in [1.807, 2.05) is 19.9 Å². The van der Waals surface area contributed by atoms with Gasteiger partial charge >= 0.3 is 0 Å². The highest BCUT2D eigenvalue weighted by molar-refractivity contribution is 6.08. The summed E-state index contributed by atoms with van der Waals surface area (Å²) in [6, 6.07) is 74.5. The van der Waals surface area contributed by atoms with Crippen molar-refractivity contribution in [3.8, 4) is 44.5 Å². The Balaban J connectivity index is 0.000000247. The number of benzene rings is 9. The summed E-state index contributed by atoms with van der Waals surface area (Å²) in [5.41, 5.74) is 23.6. The van der Waals surface area contributed by atoms with Crippen LogP contribution in [-0.2, 0) is 18.3 Å². The third-order valence-corrected chi connectivity index (χ3v) is 13.7. The molecule has 1 nitrogen and oxygen atoms in total. The van der Waals surface area contributed by atoms with Crippen molar-refractivity contribution in [2.24, 2.45) is 0 Å². The number of hydrogen-bond acceptors (Lipinski definition) is 1. The van der Waals surface area contributed by atoms with Gasteiger partial charge in [0.2, 0.25) is 0 Å². The molecule has 0 unspecified atom stereocenters. The third-order valence-electron chi connectivity index (χ3n) is 13.7. The first-order valence-corrected chi connectivity index (χ1v) is 25.2. The molecule has 0 bridgehead atoms. The number of hydrogen-bond donors (Lipinski definition) is 0. The van der Waals surface area contributed by atoms with Gasteiger partial charge in [0.15, 0.2) is 0 Å². The minimum absolute atomic E-state index is 0.0908. The van der Waals surface area contributed by atoms with Crippen molar-refractivity contribution in [2.75, 3.05) is 0 Å². The molecule has 71 heavy (non-hydrogen) atoms. The van der Waals surface area contributed by atoms with Crippen LogP contribution in [0.2, 0.25) is 0 Å². The highest BCUT2D eigenvalue weighted by atomic mass is 16.3. The van der Waals surface area contributed by atoms with Gasteiger partial charge in [0.1, 0.15) is 11.2 Å². The molecule has 1 aliphatic rings. The number of aryl methyl sites for hydroxylation is 2. The van der Waals surface area contributed by atoms with Crippen molar-refractivity contribution in [2.45, 2.75) is 66.7 Å². The lowest BCUT2D eigenvalue weighted by molar-refractivity contribution is 0.666. The summed E-state index contributed by atoms with van der Waals surface area (Å²) in [6.45, 7) is 15.1. The van der Waals surface area contributed by atoms with Crippen LogP contribution in [0, 0.1) is 13.8 Å². The molecule has 1 heterocycles. The molecule has 0 fully saturated rings. The van der Waals surface area contributed by atoms with Gasteiger partial charge in [0, 0.05) is 16.2 Å². The summed E-state index contributed by atoms with van der Waals surface area (Å²) in [4.78, 5) is 0. The van der Waals surface area contributed by atoms with Crippen molar-refractivity contribution < 1.29 is 4.42 Å². The largest absolute Gasteiger partial charge is 0.456 e.